The van der Waals surface area contributed by atoms with Gasteiger partial charge in [-0.15, -0.1) is 0 Å². The number of hydrogen-bond acceptors (Lipinski definition) is 4. The van der Waals surface area contributed by atoms with Crippen LogP contribution in [0.2, 0.25) is 0 Å². The zero-order valence-electron chi connectivity index (χ0n) is 16.2. The summed E-state index contributed by atoms with van der Waals surface area (Å²) in [6, 6.07) is 10.2. The summed E-state index contributed by atoms with van der Waals surface area (Å²) in [6.07, 6.45) is 6.91. The summed E-state index contributed by atoms with van der Waals surface area (Å²) < 4.78 is 0. The van der Waals surface area contributed by atoms with Crippen LogP contribution in [-0.4, -0.2) is 48.1 Å². The van der Waals surface area contributed by atoms with Gasteiger partial charge in [-0.1, -0.05) is 29.8 Å². The van der Waals surface area contributed by atoms with Crippen LogP contribution in [0, 0.1) is 17.8 Å². The van der Waals surface area contributed by atoms with Gasteiger partial charge in [0.1, 0.15) is 0 Å². The highest BCUT2D eigenvalue weighted by Gasteiger charge is 2.40. The SMILES string of the molecule is O=C(NO)C1CC(=CC2CC2)CCC1C(=O)N1CCN(c2ccccc2)CC1. The zero-order valence-corrected chi connectivity index (χ0v) is 16.2. The molecule has 0 aromatic heterocycles. The molecule has 2 amide bonds. The summed E-state index contributed by atoms with van der Waals surface area (Å²) >= 11 is 0. The van der Waals surface area contributed by atoms with Gasteiger partial charge in [-0.25, -0.2) is 5.48 Å². The lowest BCUT2D eigenvalue weighted by molar-refractivity contribution is -0.146. The Morgan fingerprint density at radius 1 is 1.00 bits per heavy atom. The third-order valence-electron chi connectivity index (χ3n) is 6.31. The Morgan fingerprint density at radius 2 is 1.71 bits per heavy atom. The van der Waals surface area contributed by atoms with Crippen LogP contribution in [0.1, 0.15) is 32.1 Å². The molecule has 2 aliphatic carbocycles. The number of rotatable bonds is 4. The maximum absolute atomic E-state index is 13.2. The van der Waals surface area contributed by atoms with E-state index >= 15 is 0 Å². The van der Waals surface area contributed by atoms with Crippen LogP contribution >= 0.6 is 0 Å². The highest BCUT2D eigenvalue weighted by atomic mass is 16.5. The highest BCUT2D eigenvalue weighted by molar-refractivity contribution is 5.88. The zero-order chi connectivity index (χ0) is 19.5. The van der Waals surface area contributed by atoms with Crippen LogP contribution in [0.3, 0.4) is 0 Å². The molecule has 6 nitrogen and oxygen atoms in total. The number of carbonyl (C=O) groups is 2. The van der Waals surface area contributed by atoms with Crippen molar-refractivity contribution in [3.63, 3.8) is 0 Å². The van der Waals surface area contributed by atoms with Crippen molar-refractivity contribution in [2.45, 2.75) is 32.1 Å². The highest BCUT2D eigenvalue weighted by Crippen LogP contribution is 2.39. The number of benzene rings is 1. The molecule has 2 N–H and O–H groups in total. The first kappa shape index (κ1) is 19.0. The first-order valence-corrected chi connectivity index (χ1v) is 10.4. The molecule has 0 bridgehead atoms. The quantitative estimate of drug-likeness (QED) is 0.476. The van der Waals surface area contributed by atoms with Gasteiger partial charge in [0.25, 0.3) is 0 Å². The van der Waals surface area contributed by atoms with Gasteiger partial charge in [0, 0.05) is 31.9 Å². The van der Waals surface area contributed by atoms with E-state index < -0.39 is 11.8 Å². The molecule has 1 aromatic rings. The maximum atomic E-state index is 13.2. The number of carbonyl (C=O) groups excluding carboxylic acids is 2. The topological polar surface area (TPSA) is 72.9 Å². The Hall–Kier alpha value is -2.34. The van der Waals surface area contributed by atoms with Gasteiger partial charge < -0.3 is 9.80 Å². The lowest BCUT2D eigenvalue weighted by Crippen LogP contribution is -2.52. The van der Waals surface area contributed by atoms with E-state index in [1.165, 1.54) is 24.1 Å². The Balaban J connectivity index is 1.39. The number of para-hydroxylation sites is 1. The van der Waals surface area contributed by atoms with Gasteiger partial charge in [-0.2, -0.15) is 0 Å². The van der Waals surface area contributed by atoms with Gasteiger partial charge in [0.2, 0.25) is 11.8 Å². The molecule has 2 saturated carbocycles. The third kappa shape index (κ3) is 4.22. The Bertz CT molecular complexity index is 737. The molecule has 1 aliphatic heterocycles. The van der Waals surface area contributed by atoms with E-state index in [0.717, 1.165) is 19.5 Å². The van der Waals surface area contributed by atoms with E-state index in [0.29, 0.717) is 31.8 Å². The first-order valence-electron chi connectivity index (χ1n) is 10.4. The Morgan fingerprint density at radius 3 is 2.36 bits per heavy atom. The summed E-state index contributed by atoms with van der Waals surface area (Å²) in [5.74, 6) is -0.518. The maximum Gasteiger partial charge on any atom is 0.247 e. The monoisotopic (exact) mass is 383 g/mol. The number of nitrogens with one attached hydrogen (secondary N) is 1. The van der Waals surface area contributed by atoms with E-state index in [9.17, 15) is 14.8 Å². The number of hydroxylamine groups is 1. The Labute approximate surface area is 166 Å². The molecule has 150 valence electrons. The molecule has 2 atom stereocenters. The summed E-state index contributed by atoms with van der Waals surface area (Å²) in [7, 11) is 0. The molecule has 0 radical (unpaired) electrons. The van der Waals surface area contributed by atoms with E-state index in [1.54, 1.807) is 5.48 Å². The van der Waals surface area contributed by atoms with Crippen molar-refractivity contribution in [2.24, 2.45) is 17.8 Å². The number of piperazine rings is 1. The molecule has 1 aromatic carbocycles. The summed E-state index contributed by atoms with van der Waals surface area (Å²) in [4.78, 5) is 29.7. The second-order valence-corrected chi connectivity index (χ2v) is 8.24. The molecule has 1 saturated heterocycles. The fourth-order valence-corrected chi connectivity index (χ4v) is 4.53. The minimum atomic E-state index is -0.469. The number of hydrogen-bond donors (Lipinski definition) is 2. The third-order valence-corrected chi connectivity index (χ3v) is 6.31. The standard InChI is InChI=1S/C22H29N3O3/c26-21(23-28)20-15-17(14-16-6-7-16)8-9-19(20)22(27)25-12-10-24(11-13-25)18-4-2-1-3-5-18/h1-5,14,16,19-20,28H,6-13,15H2,(H,23,26). The molecule has 1 heterocycles. The second kappa shape index (κ2) is 8.35. The van der Waals surface area contributed by atoms with Gasteiger partial charge in [0.15, 0.2) is 0 Å². The van der Waals surface area contributed by atoms with Crippen molar-refractivity contribution >= 4 is 17.5 Å². The first-order chi connectivity index (χ1) is 13.7. The summed E-state index contributed by atoms with van der Waals surface area (Å²) in [6.45, 7) is 2.93. The van der Waals surface area contributed by atoms with Crippen molar-refractivity contribution < 1.29 is 14.8 Å². The van der Waals surface area contributed by atoms with E-state index in [1.807, 2.05) is 23.1 Å². The minimum Gasteiger partial charge on any atom is -0.368 e. The van der Waals surface area contributed by atoms with Crippen LogP contribution in [-0.2, 0) is 9.59 Å². The number of amides is 2. The lowest BCUT2D eigenvalue weighted by atomic mass is 9.75. The predicted octanol–water partition coefficient (Wildman–Crippen LogP) is 2.59. The van der Waals surface area contributed by atoms with Crippen LogP contribution in [0.4, 0.5) is 5.69 Å². The summed E-state index contributed by atoms with van der Waals surface area (Å²) in [5, 5.41) is 9.19. The normalized spacial score (nSPS) is 27.0. The van der Waals surface area contributed by atoms with Gasteiger partial charge in [-0.05, 0) is 50.2 Å². The largest absolute Gasteiger partial charge is 0.368 e. The average molecular weight is 383 g/mol. The molecular formula is C22H29N3O3. The van der Waals surface area contributed by atoms with E-state index in [-0.39, 0.29) is 11.8 Å². The average Bonchev–Trinajstić information content (AvgIpc) is 3.57. The molecule has 3 fully saturated rings. The van der Waals surface area contributed by atoms with Crippen LogP contribution in [0.15, 0.2) is 42.0 Å². The fraction of sp³-hybridized carbons (Fsp3) is 0.545. The van der Waals surface area contributed by atoms with Crippen molar-refractivity contribution in [3.05, 3.63) is 42.0 Å². The van der Waals surface area contributed by atoms with Crippen molar-refractivity contribution in [1.29, 1.82) is 0 Å². The van der Waals surface area contributed by atoms with Crippen molar-refractivity contribution in [1.82, 2.24) is 10.4 Å². The lowest BCUT2D eigenvalue weighted by Gasteiger charge is -2.40. The molecule has 0 spiro atoms. The smallest absolute Gasteiger partial charge is 0.247 e. The molecule has 2 unspecified atom stereocenters. The van der Waals surface area contributed by atoms with E-state index in [4.69, 9.17) is 0 Å². The Kier molecular flexibility index (Phi) is 5.67. The van der Waals surface area contributed by atoms with Crippen molar-refractivity contribution in [2.75, 3.05) is 31.1 Å². The van der Waals surface area contributed by atoms with Gasteiger partial charge >= 0.3 is 0 Å². The molecule has 3 aliphatic rings. The number of anilines is 1. The predicted molar refractivity (Wildman–Crippen MR) is 107 cm³/mol. The minimum absolute atomic E-state index is 0.0618. The van der Waals surface area contributed by atoms with Gasteiger partial charge in [0.05, 0.1) is 11.8 Å². The molecule has 6 heteroatoms. The number of allylic oxidation sites excluding steroid dienone is 2. The molecule has 4 rings (SSSR count). The molecule has 28 heavy (non-hydrogen) atoms. The van der Waals surface area contributed by atoms with Crippen molar-refractivity contribution in [3.8, 4) is 0 Å². The fourth-order valence-electron chi connectivity index (χ4n) is 4.53. The summed E-state index contributed by atoms with van der Waals surface area (Å²) in [5.41, 5.74) is 4.25. The second-order valence-electron chi connectivity index (χ2n) is 8.24. The van der Waals surface area contributed by atoms with Crippen LogP contribution in [0.5, 0.6) is 0 Å². The molecular weight excluding hydrogens is 354 g/mol. The van der Waals surface area contributed by atoms with Crippen LogP contribution in [0.25, 0.3) is 0 Å². The van der Waals surface area contributed by atoms with Crippen LogP contribution < -0.4 is 10.4 Å². The van der Waals surface area contributed by atoms with Gasteiger partial charge in [-0.3, -0.25) is 14.8 Å². The van der Waals surface area contributed by atoms with E-state index in [2.05, 4.69) is 23.1 Å². The number of nitrogens with zero attached hydrogens (tertiary/aromatic N) is 2.